The number of ether oxygens (including phenoxy) is 2. The fraction of sp³-hybridized carbons (Fsp3) is 0.900. The standard InChI is InChI=1S/C30H60NO7P/c1-6-8-10-12-14-15-16-17-19-21-23-30(32)38-29(27-35-25-22-20-18-13-11-9-7-2)28-37-39(33,34)36-26-24-31(3,4)5/h10,12,29H,6-9,11,13-28H2,1-5H3/p+1/b12-10-. The second-order valence-electron chi connectivity index (χ2n) is 11.5. The van der Waals surface area contributed by atoms with Crippen molar-refractivity contribution in [1.82, 2.24) is 0 Å². The smallest absolute Gasteiger partial charge is 0.457 e. The van der Waals surface area contributed by atoms with Crippen molar-refractivity contribution >= 4 is 13.8 Å². The number of phosphoric ester groups is 1. The Morgan fingerprint density at radius 3 is 2.05 bits per heavy atom. The summed E-state index contributed by atoms with van der Waals surface area (Å²) in [7, 11) is 1.66. The number of carbonyl (C=O) groups excluding carboxylic acids is 1. The van der Waals surface area contributed by atoms with Crippen molar-refractivity contribution in [3.63, 3.8) is 0 Å². The highest BCUT2D eigenvalue weighted by atomic mass is 31.2. The zero-order valence-electron chi connectivity index (χ0n) is 25.9. The van der Waals surface area contributed by atoms with Gasteiger partial charge in [0.05, 0.1) is 34.4 Å². The van der Waals surface area contributed by atoms with Gasteiger partial charge in [-0.2, -0.15) is 0 Å². The van der Waals surface area contributed by atoms with Gasteiger partial charge in [-0.1, -0.05) is 90.2 Å². The van der Waals surface area contributed by atoms with Crippen molar-refractivity contribution in [2.75, 3.05) is 54.1 Å². The Morgan fingerprint density at radius 2 is 1.38 bits per heavy atom. The Labute approximate surface area is 240 Å². The second-order valence-corrected chi connectivity index (χ2v) is 12.9. The number of unbranched alkanes of at least 4 members (excludes halogenated alkanes) is 12. The summed E-state index contributed by atoms with van der Waals surface area (Å²) in [5, 5.41) is 0. The van der Waals surface area contributed by atoms with Crippen LogP contribution in [0.3, 0.4) is 0 Å². The maximum absolute atomic E-state index is 12.4. The van der Waals surface area contributed by atoms with Crippen LogP contribution in [0.4, 0.5) is 0 Å². The van der Waals surface area contributed by atoms with Crippen molar-refractivity contribution in [2.45, 2.75) is 123 Å². The molecule has 39 heavy (non-hydrogen) atoms. The number of rotatable bonds is 28. The molecular weight excluding hydrogens is 517 g/mol. The number of hydrogen-bond donors (Lipinski definition) is 1. The summed E-state index contributed by atoms with van der Waals surface area (Å²) in [6.45, 7) is 5.49. The number of quaternary nitrogens is 1. The Kier molecular flexibility index (Phi) is 24.5. The molecular formula is C30H61NO7P+. The molecule has 1 N–H and O–H groups in total. The third kappa shape index (κ3) is 28.6. The van der Waals surface area contributed by atoms with Crippen LogP contribution in [-0.2, 0) is 27.9 Å². The molecule has 8 nitrogen and oxygen atoms in total. The number of hydrogen-bond acceptors (Lipinski definition) is 6. The maximum Gasteiger partial charge on any atom is 0.472 e. The fourth-order valence-electron chi connectivity index (χ4n) is 3.85. The summed E-state index contributed by atoms with van der Waals surface area (Å²) < 4.78 is 34.5. The highest BCUT2D eigenvalue weighted by Gasteiger charge is 2.26. The van der Waals surface area contributed by atoms with Crippen LogP contribution in [0.2, 0.25) is 0 Å². The molecule has 0 aromatic heterocycles. The van der Waals surface area contributed by atoms with Crippen molar-refractivity contribution in [3.05, 3.63) is 12.2 Å². The largest absolute Gasteiger partial charge is 0.472 e. The summed E-state index contributed by atoms with van der Waals surface area (Å²) in [6, 6.07) is 0. The molecule has 9 heteroatoms. The van der Waals surface area contributed by atoms with Gasteiger partial charge in [0.15, 0.2) is 0 Å². The lowest BCUT2D eigenvalue weighted by molar-refractivity contribution is -0.870. The third-order valence-corrected chi connectivity index (χ3v) is 7.29. The Bertz CT molecular complexity index is 652. The van der Waals surface area contributed by atoms with Crippen molar-refractivity contribution in [2.24, 2.45) is 0 Å². The highest BCUT2D eigenvalue weighted by Crippen LogP contribution is 2.43. The highest BCUT2D eigenvalue weighted by molar-refractivity contribution is 7.47. The lowest BCUT2D eigenvalue weighted by Crippen LogP contribution is -2.37. The summed E-state index contributed by atoms with van der Waals surface area (Å²) in [4.78, 5) is 22.5. The lowest BCUT2D eigenvalue weighted by Gasteiger charge is -2.24. The van der Waals surface area contributed by atoms with Gasteiger partial charge in [-0.05, 0) is 32.1 Å². The van der Waals surface area contributed by atoms with Gasteiger partial charge in [0.25, 0.3) is 0 Å². The van der Waals surface area contributed by atoms with Crippen LogP contribution < -0.4 is 0 Å². The lowest BCUT2D eigenvalue weighted by atomic mass is 10.1. The number of carbonyl (C=O) groups is 1. The molecule has 0 fully saturated rings. The van der Waals surface area contributed by atoms with Crippen LogP contribution in [0.25, 0.3) is 0 Å². The molecule has 0 aromatic carbocycles. The van der Waals surface area contributed by atoms with Gasteiger partial charge in [-0.3, -0.25) is 13.8 Å². The van der Waals surface area contributed by atoms with Crippen molar-refractivity contribution in [3.8, 4) is 0 Å². The van der Waals surface area contributed by atoms with E-state index >= 15 is 0 Å². The molecule has 0 spiro atoms. The maximum atomic E-state index is 12.4. The van der Waals surface area contributed by atoms with Gasteiger partial charge in [0.1, 0.15) is 19.3 Å². The van der Waals surface area contributed by atoms with Gasteiger partial charge >= 0.3 is 13.8 Å². The van der Waals surface area contributed by atoms with E-state index in [0.717, 1.165) is 51.4 Å². The van der Waals surface area contributed by atoms with Gasteiger partial charge in [-0.25, -0.2) is 4.57 Å². The van der Waals surface area contributed by atoms with E-state index in [0.29, 0.717) is 24.1 Å². The van der Waals surface area contributed by atoms with Crippen molar-refractivity contribution in [1.29, 1.82) is 0 Å². The molecule has 2 unspecified atom stereocenters. The molecule has 0 saturated heterocycles. The Hall–Kier alpha value is -0.760. The number of likely N-dealkylation sites (N-methyl/N-ethyl adjacent to an activating group) is 1. The van der Waals surface area contributed by atoms with Crippen LogP contribution in [0.15, 0.2) is 12.2 Å². The van der Waals surface area contributed by atoms with Crippen LogP contribution in [0.5, 0.6) is 0 Å². The molecule has 0 aromatic rings. The van der Waals surface area contributed by atoms with Crippen LogP contribution in [0, 0.1) is 0 Å². The van der Waals surface area contributed by atoms with Crippen LogP contribution >= 0.6 is 7.82 Å². The predicted molar refractivity (Wildman–Crippen MR) is 160 cm³/mol. The number of esters is 1. The fourth-order valence-corrected chi connectivity index (χ4v) is 4.59. The second kappa shape index (κ2) is 25.0. The monoisotopic (exact) mass is 578 g/mol. The van der Waals surface area contributed by atoms with Crippen LogP contribution in [-0.4, -0.2) is 75.6 Å². The number of nitrogens with zero attached hydrogens (tertiary/aromatic N) is 1. The first-order valence-corrected chi connectivity index (χ1v) is 16.9. The zero-order chi connectivity index (χ0) is 29.2. The SMILES string of the molecule is CCC/C=C\CCCCCCCC(=O)OC(COCCCCCCCCC)COP(=O)(O)OCC[N+](C)(C)C. The third-order valence-electron chi connectivity index (χ3n) is 6.31. The minimum atomic E-state index is -4.25. The Morgan fingerprint density at radius 1 is 0.769 bits per heavy atom. The average Bonchev–Trinajstić information content (AvgIpc) is 2.86. The van der Waals surface area contributed by atoms with E-state index < -0.39 is 13.9 Å². The quantitative estimate of drug-likeness (QED) is 0.0336. The van der Waals surface area contributed by atoms with E-state index in [1.54, 1.807) is 0 Å². The summed E-state index contributed by atoms with van der Waals surface area (Å²) in [6.07, 6.45) is 21.0. The zero-order valence-corrected chi connectivity index (χ0v) is 26.8. The Balaban J connectivity index is 4.40. The van der Waals surface area contributed by atoms with Gasteiger partial charge in [0, 0.05) is 13.0 Å². The van der Waals surface area contributed by atoms with E-state index in [1.165, 1.54) is 44.9 Å². The van der Waals surface area contributed by atoms with Crippen molar-refractivity contribution < 1.29 is 37.3 Å². The molecule has 0 aliphatic carbocycles. The number of phosphoric acid groups is 1. The normalized spacial score (nSPS) is 14.5. The van der Waals surface area contributed by atoms with E-state index in [9.17, 15) is 14.3 Å². The first kappa shape index (κ1) is 38.2. The summed E-state index contributed by atoms with van der Waals surface area (Å²) in [5.41, 5.74) is 0. The van der Waals surface area contributed by atoms with E-state index in [-0.39, 0.29) is 25.8 Å². The predicted octanol–water partition coefficient (Wildman–Crippen LogP) is 7.59. The molecule has 0 radical (unpaired) electrons. The summed E-state index contributed by atoms with van der Waals surface area (Å²) in [5.74, 6) is -0.329. The molecule has 0 aliphatic rings. The number of allylic oxidation sites excluding steroid dienone is 2. The minimum Gasteiger partial charge on any atom is -0.457 e. The first-order chi connectivity index (χ1) is 18.6. The molecule has 232 valence electrons. The van der Waals surface area contributed by atoms with E-state index in [1.807, 2.05) is 21.1 Å². The van der Waals surface area contributed by atoms with E-state index in [2.05, 4.69) is 26.0 Å². The topological polar surface area (TPSA) is 91.3 Å². The molecule has 0 aliphatic heterocycles. The van der Waals surface area contributed by atoms with Gasteiger partial charge in [-0.15, -0.1) is 0 Å². The summed E-state index contributed by atoms with van der Waals surface area (Å²) >= 11 is 0. The minimum absolute atomic E-state index is 0.0888. The van der Waals surface area contributed by atoms with E-state index in [4.69, 9.17) is 18.5 Å². The first-order valence-electron chi connectivity index (χ1n) is 15.4. The molecule has 2 atom stereocenters. The van der Waals surface area contributed by atoms with Gasteiger partial charge in [0.2, 0.25) is 0 Å². The molecule has 0 amide bonds. The van der Waals surface area contributed by atoms with Crippen LogP contribution in [0.1, 0.15) is 117 Å². The van der Waals surface area contributed by atoms with Gasteiger partial charge < -0.3 is 18.9 Å². The average molecular weight is 579 g/mol. The molecule has 0 rings (SSSR count). The molecule has 0 bridgehead atoms. The molecule has 0 saturated carbocycles. The molecule has 0 heterocycles.